The molecule has 0 saturated carbocycles. The largest absolute Gasteiger partial charge is 0.383 e. The number of carbonyl (C=O) groups excluding carboxylic acids is 2. The highest BCUT2D eigenvalue weighted by molar-refractivity contribution is 5.57. The van der Waals surface area contributed by atoms with Gasteiger partial charge in [-0.1, -0.05) is 6.92 Å². The molecule has 5 nitrogen and oxygen atoms in total. The molecule has 0 aromatic carbocycles. The molecule has 0 amide bonds. The Morgan fingerprint density at radius 2 is 2.00 bits per heavy atom. The summed E-state index contributed by atoms with van der Waals surface area (Å²) in [6.45, 7) is 1.73. The van der Waals surface area contributed by atoms with Crippen LogP contribution in [0.15, 0.2) is 0 Å². The molecule has 0 fully saturated rings. The topological polar surface area (TPSA) is 72.8 Å². The van der Waals surface area contributed by atoms with Crippen LogP contribution in [0.1, 0.15) is 13.3 Å². The van der Waals surface area contributed by atoms with Crippen LogP contribution in [0.4, 0.5) is 0 Å². The number of hydrogen-bond acceptors (Lipinski definition) is 5. The van der Waals surface area contributed by atoms with Gasteiger partial charge in [-0.3, -0.25) is 4.79 Å². The standard InChI is InChI=1S/C8H14O5/c1-3-7(6(11)4-9)13-8(5-10)12-2/h4-8,11H,3H2,1-2H3/t6-,7?,8?/m0/s1. The van der Waals surface area contributed by atoms with Crippen LogP contribution < -0.4 is 0 Å². The second-order valence-corrected chi connectivity index (χ2v) is 2.45. The fourth-order valence-electron chi connectivity index (χ4n) is 0.821. The van der Waals surface area contributed by atoms with Gasteiger partial charge in [-0.05, 0) is 6.42 Å². The first-order valence-corrected chi connectivity index (χ1v) is 3.96. The Hall–Kier alpha value is -0.780. The summed E-state index contributed by atoms with van der Waals surface area (Å²) >= 11 is 0. The van der Waals surface area contributed by atoms with Crippen molar-refractivity contribution >= 4 is 12.6 Å². The number of aldehydes is 2. The lowest BCUT2D eigenvalue weighted by Gasteiger charge is -2.20. The number of aliphatic hydroxyl groups is 1. The van der Waals surface area contributed by atoms with E-state index in [2.05, 4.69) is 4.74 Å². The van der Waals surface area contributed by atoms with Gasteiger partial charge in [0, 0.05) is 7.11 Å². The Labute approximate surface area is 76.6 Å². The summed E-state index contributed by atoms with van der Waals surface area (Å²) in [5, 5.41) is 9.09. The number of aliphatic hydroxyl groups excluding tert-OH is 1. The number of ether oxygens (including phenoxy) is 2. The predicted molar refractivity (Wildman–Crippen MR) is 44.1 cm³/mol. The van der Waals surface area contributed by atoms with Crippen molar-refractivity contribution in [1.29, 1.82) is 0 Å². The molecule has 0 spiro atoms. The summed E-state index contributed by atoms with van der Waals surface area (Å²) in [7, 11) is 1.30. The Kier molecular flexibility index (Phi) is 6.30. The van der Waals surface area contributed by atoms with Crippen molar-refractivity contribution in [3.05, 3.63) is 0 Å². The minimum atomic E-state index is -1.22. The van der Waals surface area contributed by atoms with Crippen molar-refractivity contribution in [1.82, 2.24) is 0 Å². The molecule has 0 rings (SSSR count). The maximum absolute atomic E-state index is 10.3. The molecule has 0 bridgehead atoms. The van der Waals surface area contributed by atoms with E-state index < -0.39 is 18.5 Å². The summed E-state index contributed by atoms with van der Waals surface area (Å²) < 4.78 is 9.59. The quantitative estimate of drug-likeness (QED) is 0.433. The summed E-state index contributed by atoms with van der Waals surface area (Å²) in [4.78, 5) is 20.5. The van der Waals surface area contributed by atoms with Gasteiger partial charge in [-0.25, -0.2) is 0 Å². The van der Waals surface area contributed by atoms with Gasteiger partial charge in [-0.15, -0.1) is 0 Å². The highest BCUT2D eigenvalue weighted by Crippen LogP contribution is 2.06. The molecule has 0 aromatic heterocycles. The van der Waals surface area contributed by atoms with Gasteiger partial charge in [0.25, 0.3) is 0 Å². The second kappa shape index (κ2) is 6.71. The van der Waals surface area contributed by atoms with Crippen LogP contribution in [0, 0.1) is 0 Å². The number of carbonyl (C=O) groups is 2. The molecule has 0 heterocycles. The first kappa shape index (κ1) is 12.2. The third-order valence-corrected chi connectivity index (χ3v) is 1.58. The van der Waals surface area contributed by atoms with Crippen LogP contribution in [0.3, 0.4) is 0 Å². The lowest BCUT2D eigenvalue weighted by molar-refractivity contribution is -0.178. The van der Waals surface area contributed by atoms with Crippen LogP contribution in [0.2, 0.25) is 0 Å². The predicted octanol–water partition coefficient (Wildman–Crippen LogP) is -0.487. The molecule has 13 heavy (non-hydrogen) atoms. The first-order chi connectivity index (χ1) is 6.19. The minimum absolute atomic E-state index is 0.367. The molecular weight excluding hydrogens is 176 g/mol. The molecule has 0 aromatic rings. The van der Waals surface area contributed by atoms with Crippen molar-refractivity contribution in [2.75, 3.05) is 7.11 Å². The van der Waals surface area contributed by atoms with Crippen LogP contribution in [-0.4, -0.2) is 43.3 Å². The van der Waals surface area contributed by atoms with E-state index >= 15 is 0 Å². The third kappa shape index (κ3) is 4.12. The lowest BCUT2D eigenvalue weighted by atomic mass is 10.2. The van der Waals surface area contributed by atoms with Gasteiger partial charge >= 0.3 is 0 Å². The van der Waals surface area contributed by atoms with Crippen molar-refractivity contribution in [2.24, 2.45) is 0 Å². The number of hydrogen-bond donors (Lipinski definition) is 1. The summed E-state index contributed by atoms with van der Waals surface area (Å²) in [6, 6.07) is 0. The summed E-state index contributed by atoms with van der Waals surface area (Å²) in [6.07, 6.45) is -1.70. The van der Waals surface area contributed by atoms with Crippen LogP contribution in [0.25, 0.3) is 0 Å². The first-order valence-electron chi connectivity index (χ1n) is 3.96. The molecule has 0 saturated heterocycles. The van der Waals surface area contributed by atoms with E-state index in [4.69, 9.17) is 9.84 Å². The van der Waals surface area contributed by atoms with Crippen LogP contribution in [-0.2, 0) is 19.1 Å². The second-order valence-electron chi connectivity index (χ2n) is 2.45. The molecule has 76 valence electrons. The monoisotopic (exact) mass is 190 g/mol. The maximum atomic E-state index is 10.3. The average molecular weight is 190 g/mol. The zero-order valence-corrected chi connectivity index (χ0v) is 7.67. The van der Waals surface area contributed by atoms with E-state index in [1.807, 2.05) is 0 Å². The Morgan fingerprint density at radius 1 is 1.38 bits per heavy atom. The molecule has 0 radical (unpaired) electrons. The summed E-state index contributed by atoms with van der Waals surface area (Å²) in [5.74, 6) is 0. The fraction of sp³-hybridized carbons (Fsp3) is 0.750. The van der Waals surface area contributed by atoms with Crippen molar-refractivity contribution in [3.63, 3.8) is 0 Å². The molecule has 0 aliphatic rings. The SMILES string of the molecule is CCC(OC(C=O)OC)[C@@H](O)C=O. The van der Waals surface area contributed by atoms with Gasteiger partial charge in [-0.2, -0.15) is 0 Å². The van der Waals surface area contributed by atoms with Crippen molar-refractivity contribution < 1.29 is 24.2 Å². The highest BCUT2D eigenvalue weighted by Gasteiger charge is 2.21. The van der Waals surface area contributed by atoms with E-state index in [1.54, 1.807) is 6.92 Å². The van der Waals surface area contributed by atoms with Gasteiger partial charge in [0.15, 0.2) is 12.6 Å². The third-order valence-electron chi connectivity index (χ3n) is 1.58. The molecule has 0 aliphatic heterocycles. The molecule has 0 aliphatic carbocycles. The Morgan fingerprint density at radius 3 is 2.31 bits per heavy atom. The van der Waals surface area contributed by atoms with E-state index in [0.717, 1.165) is 0 Å². The van der Waals surface area contributed by atoms with Gasteiger partial charge < -0.3 is 19.4 Å². The van der Waals surface area contributed by atoms with Gasteiger partial charge in [0.05, 0.1) is 6.10 Å². The van der Waals surface area contributed by atoms with Crippen LogP contribution >= 0.6 is 0 Å². The van der Waals surface area contributed by atoms with Gasteiger partial charge in [0.1, 0.15) is 6.10 Å². The van der Waals surface area contributed by atoms with Gasteiger partial charge in [0.2, 0.25) is 6.29 Å². The van der Waals surface area contributed by atoms with E-state index in [9.17, 15) is 9.59 Å². The molecular formula is C8H14O5. The normalized spacial score (nSPS) is 17.5. The van der Waals surface area contributed by atoms with Crippen LogP contribution in [0.5, 0.6) is 0 Å². The zero-order chi connectivity index (χ0) is 10.3. The van der Waals surface area contributed by atoms with E-state index in [-0.39, 0.29) is 0 Å². The lowest BCUT2D eigenvalue weighted by Crippen LogP contribution is -2.34. The molecule has 1 N–H and O–H groups in total. The molecule has 5 heteroatoms. The van der Waals surface area contributed by atoms with E-state index in [0.29, 0.717) is 19.0 Å². The molecule has 3 atom stereocenters. The number of rotatable bonds is 7. The zero-order valence-electron chi connectivity index (χ0n) is 7.67. The Balaban J connectivity index is 4.09. The molecule has 2 unspecified atom stereocenters. The Bertz CT molecular complexity index is 159. The van der Waals surface area contributed by atoms with Crippen molar-refractivity contribution in [2.45, 2.75) is 31.8 Å². The smallest absolute Gasteiger partial charge is 0.214 e. The number of methoxy groups -OCH3 is 1. The maximum Gasteiger partial charge on any atom is 0.214 e. The van der Waals surface area contributed by atoms with E-state index in [1.165, 1.54) is 7.11 Å². The fourth-order valence-corrected chi connectivity index (χ4v) is 0.821. The average Bonchev–Trinajstić information content (AvgIpc) is 2.19. The minimum Gasteiger partial charge on any atom is -0.383 e. The van der Waals surface area contributed by atoms with Crippen molar-refractivity contribution in [3.8, 4) is 0 Å². The summed E-state index contributed by atoms with van der Waals surface area (Å²) in [5.41, 5.74) is 0. The highest BCUT2D eigenvalue weighted by atomic mass is 16.7.